The number of hydrogen-bond acceptors (Lipinski definition) is 3. The number of nitrogens with zero attached hydrogens (tertiary/aromatic N) is 3. The molecule has 0 atom stereocenters. The Labute approximate surface area is 148 Å². The Kier molecular flexibility index (Phi) is 3.63. The van der Waals surface area contributed by atoms with E-state index in [0.29, 0.717) is 33.8 Å². The Morgan fingerprint density at radius 3 is 2.73 bits per heavy atom. The van der Waals surface area contributed by atoms with E-state index in [0.717, 1.165) is 0 Å². The quantitative estimate of drug-likeness (QED) is 0.726. The number of hydrogen-bond donors (Lipinski definition) is 1. The first kappa shape index (κ1) is 15.8. The number of fused-ring (bicyclic) bond motifs is 3. The number of aromatic nitrogens is 2. The van der Waals surface area contributed by atoms with Crippen LogP contribution < -0.4 is 0 Å². The third-order valence-corrected chi connectivity index (χ3v) is 4.18. The van der Waals surface area contributed by atoms with Gasteiger partial charge in [0.25, 0.3) is 0 Å². The highest BCUT2D eigenvalue weighted by molar-refractivity contribution is 6.15. The fourth-order valence-electron chi connectivity index (χ4n) is 2.97. The molecule has 126 valence electrons. The molecule has 1 aromatic heterocycles. The predicted molar refractivity (Wildman–Crippen MR) is 94.2 cm³/mol. The second-order valence-electron chi connectivity index (χ2n) is 5.76. The molecule has 2 aromatic carbocycles. The smallest absolute Gasteiger partial charge is 0.356 e. The van der Waals surface area contributed by atoms with Crippen molar-refractivity contribution in [3.63, 3.8) is 0 Å². The van der Waals surface area contributed by atoms with Gasteiger partial charge in [0.15, 0.2) is 5.69 Å². The second-order valence-corrected chi connectivity index (χ2v) is 5.76. The van der Waals surface area contributed by atoms with E-state index < -0.39 is 11.8 Å². The SMILES string of the molecule is C#Cc1ccc2c(c1)C(c1ccccc1F)=NCc1cc(C(=O)O)nn1-2. The van der Waals surface area contributed by atoms with E-state index >= 15 is 0 Å². The second kappa shape index (κ2) is 5.97. The molecule has 0 unspecified atom stereocenters. The Hall–Kier alpha value is -3.72. The van der Waals surface area contributed by atoms with Gasteiger partial charge in [0.1, 0.15) is 5.82 Å². The predicted octanol–water partition coefficient (Wildman–Crippen LogP) is 3.04. The number of terminal acetylenes is 1. The average molecular weight is 345 g/mol. The number of halogens is 1. The zero-order chi connectivity index (χ0) is 18.3. The van der Waals surface area contributed by atoms with Gasteiger partial charge in [-0.1, -0.05) is 18.1 Å². The van der Waals surface area contributed by atoms with Gasteiger partial charge in [-0.05, 0) is 36.4 Å². The van der Waals surface area contributed by atoms with E-state index in [1.807, 2.05) is 0 Å². The Morgan fingerprint density at radius 1 is 1.19 bits per heavy atom. The van der Waals surface area contributed by atoms with Crippen LogP contribution in [0.4, 0.5) is 4.39 Å². The van der Waals surface area contributed by atoms with Crippen LogP contribution in [0.1, 0.15) is 32.9 Å². The summed E-state index contributed by atoms with van der Waals surface area (Å²) in [5.41, 5.74) is 3.15. The first-order chi connectivity index (χ1) is 12.6. The summed E-state index contributed by atoms with van der Waals surface area (Å²) in [6.45, 7) is 0.171. The van der Waals surface area contributed by atoms with Crippen LogP contribution in [-0.2, 0) is 6.54 Å². The third kappa shape index (κ3) is 2.47. The lowest BCUT2D eigenvalue weighted by Crippen LogP contribution is -2.10. The minimum absolute atomic E-state index is 0.0727. The summed E-state index contributed by atoms with van der Waals surface area (Å²) in [6, 6.07) is 13.0. The molecule has 1 aliphatic rings. The number of aromatic carboxylic acids is 1. The minimum atomic E-state index is -1.12. The van der Waals surface area contributed by atoms with Crippen molar-refractivity contribution in [3.05, 3.63) is 82.4 Å². The van der Waals surface area contributed by atoms with Gasteiger partial charge < -0.3 is 5.11 Å². The molecule has 3 aromatic rings. The maximum absolute atomic E-state index is 14.4. The summed E-state index contributed by atoms with van der Waals surface area (Å²) >= 11 is 0. The molecule has 2 heterocycles. The van der Waals surface area contributed by atoms with Gasteiger partial charge in [-0.3, -0.25) is 4.99 Å². The van der Waals surface area contributed by atoms with Crippen molar-refractivity contribution in [2.24, 2.45) is 4.99 Å². The molecule has 0 bridgehead atoms. The molecular formula is C20H12FN3O2. The summed E-state index contributed by atoms with van der Waals surface area (Å²) in [4.78, 5) is 15.8. The van der Waals surface area contributed by atoms with Gasteiger partial charge in [-0.2, -0.15) is 5.10 Å². The molecule has 4 rings (SSSR count). The Morgan fingerprint density at radius 2 is 2.00 bits per heavy atom. The maximum atomic E-state index is 14.4. The van der Waals surface area contributed by atoms with E-state index in [-0.39, 0.29) is 12.2 Å². The van der Waals surface area contributed by atoms with Crippen LogP contribution in [0.3, 0.4) is 0 Å². The number of rotatable bonds is 2. The van der Waals surface area contributed by atoms with Crippen LogP contribution in [0, 0.1) is 18.2 Å². The fourth-order valence-corrected chi connectivity index (χ4v) is 2.97. The highest BCUT2D eigenvalue weighted by Gasteiger charge is 2.23. The molecule has 1 aliphatic heterocycles. The van der Waals surface area contributed by atoms with Crippen molar-refractivity contribution in [2.45, 2.75) is 6.54 Å². The van der Waals surface area contributed by atoms with E-state index in [2.05, 4.69) is 16.0 Å². The van der Waals surface area contributed by atoms with Crippen LogP contribution >= 0.6 is 0 Å². The van der Waals surface area contributed by atoms with Crippen LogP contribution in [-0.4, -0.2) is 26.6 Å². The van der Waals surface area contributed by atoms with Crippen molar-refractivity contribution >= 4 is 11.7 Å². The Balaban J connectivity index is 2.00. The van der Waals surface area contributed by atoms with Crippen molar-refractivity contribution in [1.82, 2.24) is 9.78 Å². The first-order valence-electron chi connectivity index (χ1n) is 7.81. The molecule has 0 amide bonds. The summed E-state index contributed by atoms with van der Waals surface area (Å²) < 4.78 is 15.9. The molecule has 0 spiro atoms. The molecule has 1 N–H and O–H groups in total. The topological polar surface area (TPSA) is 67.5 Å². The summed E-state index contributed by atoms with van der Waals surface area (Å²) in [7, 11) is 0. The summed E-state index contributed by atoms with van der Waals surface area (Å²) in [6.07, 6.45) is 5.51. The molecule has 0 saturated carbocycles. The summed E-state index contributed by atoms with van der Waals surface area (Å²) in [5, 5.41) is 13.4. The van der Waals surface area contributed by atoms with E-state index in [1.54, 1.807) is 36.4 Å². The lowest BCUT2D eigenvalue weighted by Gasteiger charge is -2.12. The molecule has 6 heteroatoms. The van der Waals surface area contributed by atoms with Gasteiger partial charge in [-0.15, -0.1) is 6.42 Å². The average Bonchev–Trinajstić information content (AvgIpc) is 3.01. The largest absolute Gasteiger partial charge is 0.476 e. The van der Waals surface area contributed by atoms with Gasteiger partial charge in [0.05, 0.1) is 23.6 Å². The van der Waals surface area contributed by atoms with E-state index in [4.69, 9.17) is 6.42 Å². The van der Waals surface area contributed by atoms with Crippen LogP contribution in [0.15, 0.2) is 53.5 Å². The molecule has 0 radical (unpaired) electrons. The van der Waals surface area contributed by atoms with Crippen molar-refractivity contribution < 1.29 is 14.3 Å². The molecule has 26 heavy (non-hydrogen) atoms. The highest BCUT2D eigenvalue weighted by atomic mass is 19.1. The van der Waals surface area contributed by atoms with Crippen molar-refractivity contribution in [3.8, 4) is 18.0 Å². The Bertz CT molecular complexity index is 1120. The van der Waals surface area contributed by atoms with Gasteiger partial charge in [0, 0.05) is 16.7 Å². The minimum Gasteiger partial charge on any atom is -0.476 e. The summed E-state index contributed by atoms with van der Waals surface area (Å²) in [5.74, 6) is 1.04. The van der Waals surface area contributed by atoms with E-state index in [9.17, 15) is 14.3 Å². The van der Waals surface area contributed by atoms with Crippen LogP contribution in [0.25, 0.3) is 5.69 Å². The number of benzene rings is 2. The maximum Gasteiger partial charge on any atom is 0.356 e. The number of aliphatic imine (C=N–C) groups is 1. The molecule has 5 nitrogen and oxygen atoms in total. The van der Waals surface area contributed by atoms with E-state index in [1.165, 1.54) is 16.8 Å². The van der Waals surface area contributed by atoms with Gasteiger partial charge >= 0.3 is 5.97 Å². The zero-order valence-corrected chi connectivity index (χ0v) is 13.5. The van der Waals surface area contributed by atoms with Crippen LogP contribution in [0.5, 0.6) is 0 Å². The van der Waals surface area contributed by atoms with Gasteiger partial charge in [0.2, 0.25) is 0 Å². The fraction of sp³-hybridized carbons (Fsp3) is 0.0500. The number of carboxylic acid groups (broad SMARTS) is 1. The lowest BCUT2D eigenvalue weighted by molar-refractivity contribution is 0.0690. The van der Waals surface area contributed by atoms with Gasteiger partial charge in [-0.25, -0.2) is 13.9 Å². The molecule has 0 aliphatic carbocycles. The van der Waals surface area contributed by atoms with Crippen molar-refractivity contribution in [2.75, 3.05) is 0 Å². The number of carboxylic acids is 1. The third-order valence-electron chi connectivity index (χ3n) is 4.18. The highest BCUT2D eigenvalue weighted by Crippen LogP contribution is 2.27. The standard InChI is InChI=1S/C20H12FN3O2/c1-2-12-7-8-18-15(9-12)19(14-5-3-4-6-16(14)21)22-11-13-10-17(20(25)26)23-24(13)18/h1,3-10H,11H2,(H,25,26). The number of carbonyl (C=O) groups is 1. The van der Waals surface area contributed by atoms with Crippen LogP contribution in [0.2, 0.25) is 0 Å². The zero-order valence-electron chi connectivity index (χ0n) is 13.5. The lowest BCUT2D eigenvalue weighted by atomic mass is 9.98. The first-order valence-corrected chi connectivity index (χ1v) is 7.81. The van der Waals surface area contributed by atoms with Crippen molar-refractivity contribution in [1.29, 1.82) is 0 Å². The molecule has 0 fully saturated rings. The molecular weight excluding hydrogens is 333 g/mol. The monoisotopic (exact) mass is 345 g/mol. The normalized spacial score (nSPS) is 12.4. The molecule has 0 saturated heterocycles.